The van der Waals surface area contributed by atoms with E-state index in [0.29, 0.717) is 5.56 Å². The van der Waals surface area contributed by atoms with Crippen molar-refractivity contribution in [2.24, 2.45) is 0 Å². The van der Waals surface area contributed by atoms with Crippen LogP contribution in [-0.4, -0.2) is 28.5 Å². The standard InChI is InChI=1S/C14H11N3O4S2/c18-14(16-19)4-1-10-5-6-17(8-10)23(20,21)11-2-3-12-13(7-11)22-9-15-12/h1-9,19H,(H,16,18)/b4-1+. The Bertz CT molecular complexity index is 1000. The molecule has 2 aromatic heterocycles. The molecular formula is C14H11N3O4S2. The van der Waals surface area contributed by atoms with Crippen molar-refractivity contribution in [2.75, 3.05) is 0 Å². The minimum absolute atomic E-state index is 0.161. The summed E-state index contributed by atoms with van der Waals surface area (Å²) in [5.41, 5.74) is 4.38. The van der Waals surface area contributed by atoms with Gasteiger partial charge in [0.05, 0.1) is 20.6 Å². The third-order valence-corrected chi connectivity index (χ3v) is 5.53. The summed E-state index contributed by atoms with van der Waals surface area (Å²) in [5.74, 6) is -0.698. The Morgan fingerprint density at radius 2 is 2.17 bits per heavy atom. The largest absolute Gasteiger partial charge is 0.288 e. The molecule has 2 heterocycles. The van der Waals surface area contributed by atoms with Crippen molar-refractivity contribution in [3.63, 3.8) is 0 Å². The molecule has 9 heteroatoms. The Labute approximate surface area is 135 Å². The molecule has 3 rings (SSSR count). The topological polar surface area (TPSA) is 101 Å². The number of hydroxylamine groups is 1. The van der Waals surface area contributed by atoms with Gasteiger partial charge in [0.1, 0.15) is 0 Å². The molecule has 0 saturated heterocycles. The maximum Gasteiger partial charge on any atom is 0.267 e. The maximum atomic E-state index is 12.6. The minimum Gasteiger partial charge on any atom is -0.288 e. The van der Waals surface area contributed by atoms with E-state index in [2.05, 4.69) is 4.98 Å². The van der Waals surface area contributed by atoms with Crippen LogP contribution in [0.4, 0.5) is 0 Å². The highest BCUT2D eigenvalue weighted by molar-refractivity contribution is 7.90. The third kappa shape index (κ3) is 3.02. The van der Waals surface area contributed by atoms with Crippen molar-refractivity contribution >= 4 is 43.6 Å². The van der Waals surface area contributed by atoms with E-state index >= 15 is 0 Å². The van der Waals surface area contributed by atoms with Crippen molar-refractivity contribution in [1.82, 2.24) is 14.4 Å². The molecule has 0 aliphatic heterocycles. The molecule has 118 valence electrons. The number of nitrogens with zero attached hydrogens (tertiary/aromatic N) is 2. The van der Waals surface area contributed by atoms with Crippen LogP contribution in [0.5, 0.6) is 0 Å². The van der Waals surface area contributed by atoms with Crippen LogP contribution in [0.1, 0.15) is 5.56 Å². The van der Waals surface area contributed by atoms with Crippen LogP contribution in [0.15, 0.2) is 53.1 Å². The van der Waals surface area contributed by atoms with Crippen molar-refractivity contribution in [2.45, 2.75) is 4.90 Å². The summed E-state index contributed by atoms with van der Waals surface area (Å²) in [6, 6.07) is 6.29. The Morgan fingerprint density at radius 3 is 2.96 bits per heavy atom. The Balaban J connectivity index is 1.95. The molecule has 0 fully saturated rings. The lowest BCUT2D eigenvalue weighted by molar-refractivity contribution is -0.124. The van der Waals surface area contributed by atoms with Gasteiger partial charge in [0.2, 0.25) is 0 Å². The van der Waals surface area contributed by atoms with E-state index in [1.165, 1.54) is 41.4 Å². The zero-order valence-corrected chi connectivity index (χ0v) is 13.2. The number of carbonyl (C=O) groups is 1. The summed E-state index contributed by atoms with van der Waals surface area (Å²) in [4.78, 5) is 15.2. The highest BCUT2D eigenvalue weighted by atomic mass is 32.2. The van der Waals surface area contributed by atoms with E-state index in [1.807, 2.05) is 0 Å². The summed E-state index contributed by atoms with van der Waals surface area (Å²) in [6.07, 6.45) is 5.26. The molecule has 23 heavy (non-hydrogen) atoms. The number of carbonyl (C=O) groups excluding carboxylic acids is 1. The first-order valence-corrected chi connectivity index (χ1v) is 8.71. The summed E-state index contributed by atoms with van der Waals surface area (Å²) in [6.45, 7) is 0. The predicted molar refractivity (Wildman–Crippen MR) is 85.6 cm³/mol. The molecule has 0 atom stereocenters. The molecule has 1 amide bonds. The van der Waals surface area contributed by atoms with Gasteiger partial charge < -0.3 is 0 Å². The van der Waals surface area contributed by atoms with Crippen molar-refractivity contribution in [1.29, 1.82) is 0 Å². The molecule has 3 aromatic rings. The molecule has 2 N–H and O–H groups in total. The Kier molecular flexibility index (Phi) is 3.99. The van der Waals surface area contributed by atoms with Gasteiger partial charge in [-0.1, -0.05) is 0 Å². The number of hydrogen-bond donors (Lipinski definition) is 2. The molecular weight excluding hydrogens is 338 g/mol. The Hall–Kier alpha value is -2.49. The minimum atomic E-state index is -3.72. The van der Waals surface area contributed by atoms with Gasteiger partial charge >= 0.3 is 0 Å². The number of rotatable bonds is 4. The first-order valence-electron chi connectivity index (χ1n) is 6.40. The highest BCUT2D eigenvalue weighted by Crippen LogP contribution is 2.23. The highest BCUT2D eigenvalue weighted by Gasteiger charge is 2.17. The number of thiazole rings is 1. The number of amides is 1. The SMILES string of the molecule is O=C(/C=C/c1ccn(S(=O)(=O)c2ccc3ncsc3c2)c1)NO. The van der Waals surface area contributed by atoms with Crippen LogP contribution in [0.3, 0.4) is 0 Å². The van der Waals surface area contributed by atoms with E-state index in [4.69, 9.17) is 5.21 Å². The third-order valence-electron chi connectivity index (χ3n) is 3.11. The second kappa shape index (κ2) is 5.95. The fraction of sp³-hybridized carbons (Fsp3) is 0. The number of nitrogens with one attached hydrogen (secondary N) is 1. The summed E-state index contributed by atoms with van der Waals surface area (Å²) in [5, 5.41) is 8.41. The van der Waals surface area contributed by atoms with Crippen LogP contribution in [0.2, 0.25) is 0 Å². The van der Waals surface area contributed by atoms with Crippen molar-refractivity contribution < 1.29 is 18.4 Å². The van der Waals surface area contributed by atoms with Gasteiger partial charge in [0, 0.05) is 18.5 Å². The molecule has 0 radical (unpaired) electrons. The molecule has 0 bridgehead atoms. The van der Waals surface area contributed by atoms with Crippen LogP contribution < -0.4 is 5.48 Å². The van der Waals surface area contributed by atoms with Crippen LogP contribution in [0, 0.1) is 0 Å². The Morgan fingerprint density at radius 1 is 1.35 bits per heavy atom. The quantitative estimate of drug-likeness (QED) is 0.425. The number of aromatic nitrogens is 2. The van der Waals surface area contributed by atoms with Gasteiger partial charge in [-0.3, -0.25) is 10.0 Å². The van der Waals surface area contributed by atoms with Gasteiger partial charge in [-0.05, 0) is 35.9 Å². The molecule has 1 aromatic carbocycles. The van der Waals surface area contributed by atoms with E-state index in [9.17, 15) is 13.2 Å². The zero-order chi connectivity index (χ0) is 16.4. The van der Waals surface area contributed by atoms with E-state index < -0.39 is 15.9 Å². The molecule has 0 aliphatic rings. The second-order valence-corrected chi connectivity index (χ2v) is 7.30. The van der Waals surface area contributed by atoms with E-state index in [0.717, 1.165) is 20.3 Å². The van der Waals surface area contributed by atoms with E-state index in [-0.39, 0.29) is 4.90 Å². The van der Waals surface area contributed by atoms with Crippen molar-refractivity contribution in [3.8, 4) is 0 Å². The van der Waals surface area contributed by atoms with Gasteiger partial charge in [-0.2, -0.15) is 0 Å². The summed E-state index contributed by atoms with van der Waals surface area (Å²) >= 11 is 1.37. The van der Waals surface area contributed by atoms with Crippen LogP contribution in [0.25, 0.3) is 16.3 Å². The summed E-state index contributed by atoms with van der Waals surface area (Å²) in [7, 11) is -3.72. The molecule has 7 nitrogen and oxygen atoms in total. The summed E-state index contributed by atoms with van der Waals surface area (Å²) < 4.78 is 27.1. The lowest BCUT2D eigenvalue weighted by Gasteiger charge is -2.05. The van der Waals surface area contributed by atoms with Crippen LogP contribution >= 0.6 is 11.3 Å². The van der Waals surface area contributed by atoms with Gasteiger partial charge in [-0.25, -0.2) is 22.9 Å². The smallest absolute Gasteiger partial charge is 0.267 e. The molecule has 0 unspecified atom stereocenters. The first kappa shape index (κ1) is 15.4. The van der Waals surface area contributed by atoms with Gasteiger partial charge in [0.25, 0.3) is 15.9 Å². The maximum absolute atomic E-state index is 12.6. The number of hydrogen-bond acceptors (Lipinski definition) is 6. The van der Waals surface area contributed by atoms with Gasteiger partial charge in [0.15, 0.2) is 0 Å². The molecule has 0 saturated carbocycles. The average Bonchev–Trinajstić information content (AvgIpc) is 3.20. The predicted octanol–water partition coefficient (Wildman–Crippen LogP) is 1.85. The van der Waals surface area contributed by atoms with Crippen molar-refractivity contribution in [3.05, 3.63) is 53.8 Å². The lowest BCUT2D eigenvalue weighted by Crippen LogP contribution is -2.14. The normalized spacial score (nSPS) is 12.0. The van der Waals surface area contributed by atoms with Crippen LogP contribution in [-0.2, 0) is 14.8 Å². The number of benzene rings is 1. The fourth-order valence-corrected chi connectivity index (χ4v) is 3.99. The molecule has 0 aliphatic carbocycles. The zero-order valence-electron chi connectivity index (χ0n) is 11.6. The second-order valence-electron chi connectivity index (χ2n) is 4.57. The fourth-order valence-electron chi connectivity index (χ4n) is 1.97. The van der Waals surface area contributed by atoms with E-state index in [1.54, 1.807) is 23.7 Å². The average molecular weight is 349 g/mol. The molecule has 0 spiro atoms. The first-order chi connectivity index (χ1) is 11.0. The number of fused-ring (bicyclic) bond motifs is 1. The lowest BCUT2D eigenvalue weighted by atomic mass is 10.3. The monoisotopic (exact) mass is 349 g/mol. The van der Waals surface area contributed by atoms with Gasteiger partial charge in [-0.15, -0.1) is 11.3 Å².